The Morgan fingerprint density at radius 1 is 1.08 bits per heavy atom. The Labute approximate surface area is 210 Å². The molecule has 36 heavy (non-hydrogen) atoms. The molecule has 1 aromatic heterocycles. The van der Waals surface area contributed by atoms with E-state index in [0.717, 1.165) is 41.8 Å². The number of nitrogens with one attached hydrogen (secondary N) is 2. The molecule has 0 radical (unpaired) electrons. The molecule has 0 saturated carbocycles. The maximum atomic E-state index is 13.3. The van der Waals surface area contributed by atoms with E-state index in [2.05, 4.69) is 10.6 Å². The number of rotatable bonds is 8. The van der Waals surface area contributed by atoms with Crippen LogP contribution in [0, 0.1) is 0 Å². The summed E-state index contributed by atoms with van der Waals surface area (Å²) in [4.78, 5) is 27.1. The predicted octanol–water partition coefficient (Wildman–Crippen LogP) is 3.05. The van der Waals surface area contributed by atoms with Gasteiger partial charge >= 0.3 is 12.0 Å². The van der Waals surface area contributed by atoms with E-state index < -0.39 is 12.0 Å². The number of carbonyl (C=O) groups excluding carboxylic acids is 1. The molecule has 0 bridgehead atoms. The van der Waals surface area contributed by atoms with Crippen molar-refractivity contribution in [2.45, 2.75) is 37.3 Å². The number of methoxy groups -OCH3 is 1. The minimum absolute atomic E-state index is 0.0552. The van der Waals surface area contributed by atoms with Crippen LogP contribution in [-0.4, -0.2) is 70.7 Å². The standard InChI is InChI=1S/C27H31N5O4/c1-36-17-24(26(33)34)31-15-21(18-9-4-2-5-10-18)23(16-31)28-27(35)29-25-20-13-8-14-22(20)30-32(25)19-11-6-3-7-12-19/h2-7,9-12,21,23-24H,8,13-17H2,1H3,(H,33,34)(H2,28,29,35)/t21-,23+,24?/m0/s1. The maximum Gasteiger partial charge on any atom is 0.323 e. The third-order valence-electron chi connectivity index (χ3n) is 7.08. The number of ether oxygens (including phenoxy) is 1. The van der Waals surface area contributed by atoms with Crippen LogP contribution in [0.2, 0.25) is 0 Å². The molecule has 3 N–H and O–H groups in total. The van der Waals surface area contributed by atoms with Crippen LogP contribution < -0.4 is 10.6 Å². The molecule has 1 aliphatic heterocycles. The fraction of sp³-hybridized carbons (Fsp3) is 0.370. The second-order valence-electron chi connectivity index (χ2n) is 9.36. The number of nitrogens with zero attached hydrogens (tertiary/aromatic N) is 3. The summed E-state index contributed by atoms with van der Waals surface area (Å²) in [5, 5.41) is 20.7. The summed E-state index contributed by atoms with van der Waals surface area (Å²) in [5.41, 5.74) is 4.04. The van der Waals surface area contributed by atoms with Gasteiger partial charge < -0.3 is 15.2 Å². The quantitative estimate of drug-likeness (QED) is 0.449. The van der Waals surface area contributed by atoms with Gasteiger partial charge in [0.25, 0.3) is 0 Å². The van der Waals surface area contributed by atoms with Crippen molar-refractivity contribution in [2.24, 2.45) is 0 Å². The van der Waals surface area contributed by atoms with Gasteiger partial charge in [-0.15, -0.1) is 0 Å². The first-order valence-corrected chi connectivity index (χ1v) is 12.3. The van der Waals surface area contributed by atoms with Crippen LogP contribution in [-0.2, 0) is 22.4 Å². The minimum Gasteiger partial charge on any atom is -0.480 e. The number of para-hydroxylation sites is 1. The summed E-state index contributed by atoms with van der Waals surface area (Å²) in [7, 11) is 1.50. The minimum atomic E-state index is -0.934. The number of aliphatic carboxylic acids is 1. The summed E-state index contributed by atoms with van der Waals surface area (Å²) >= 11 is 0. The summed E-state index contributed by atoms with van der Waals surface area (Å²) in [5.74, 6) is -0.295. The number of carboxylic acid groups (broad SMARTS) is 1. The van der Waals surface area contributed by atoms with Crippen LogP contribution in [0.5, 0.6) is 0 Å². The lowest BCUT2D eigenvalue weighted by Gasteiger charge is -2.23. The van der Waals surface area contributed by atoms with E-state index in [0.29, 0.717) is 18.9 Å². The number of hydrogen-bond donors (Lipinski definition) is 3. The van der Waals surface area contributed by atoms with E-state index in [1.54, 1.807) is 4.68 Å². The highest BCUT2D eigenvalue weighted by molar-refractivity contribution is 5.90. The second kappa shape index (κ2) is 10.5. The molecule has 3 atom stereocenters. The lowest BCUT2D eigenvalue weighted by atomic mass is 9.94. The highest BCUT2D eigenvalue weighted by Crippen LogP contribution is 2.32. The fourth-order valence-corrected chi connectivity index (χ4v) is 5.35. The predicted molar refractivity (Wildman–Crippen MR) is 136 cm³/mol. The number of aromatic nitrogens is 2. The topological polar surface area (TPSA) is 109 Å². The van der Waals surface area contributed by atoms with Crippen molar-refractivity contribution in [1.29, 1.82) is 0 Å². The third-order valence-corrected chi connectivity index (χ3v) is 7.08. The van der Waals surface area contributed by atoms with Crippen molar-refractivity contribution >= 4 is 17.8 Å². The van der Waals surface area contributed by atoms with Gasteiger partial charge in [0.2, 0.25) is 0 Å². The van der Waals surface area contributed by atoms with Crippen LogP contribution in [0.15, 0.2) is 60.7 Å². The van der Waals surface area contributed by atoms with Crippen molar-refractivity contribution < 1.29 is 19.4 Å². The van der Waals surface area contributed by atoms with Gasteiger partial charge in [-0.05, 0) is 37.0 Å². The van der Waals surface area contributed by atoms with Gasteiger partial charge in [-0.3, -0.25) is 15.0 Å². The molecule has 9 nitrogen and oxygen atoms in total. The Kier molecular flexibility index (Phi) is 7.02. The molecule has 1 unspecified atom stereocenters. The first kappa shape index (κ1) is 24.0. The zero-order valence-corrected chi connectivity index (χ0v) is 20.3. The second-order valence-corrected chi connectivity index (χ2v) is 9.36. The summed E-state index contributed by atoms with van der Waals surface area (Å²) in [6.45, 7) is 0.994. The van der Waals surface area contributed by atoms with E-state index in [9.17, 15) is 14.7 Å². The Morgan fingerprint density at radius 2 is 1.81 bits per heavy atom. The highest BCUT2D eigenvalue weighted by atomic mass is 16.5. The lowest BCUT2D eigenvalue weighted by molar-refractivity contribution is -0.144. The molecule has 2 amide bonds. The number of carbonyl (C=O) groups is 2. The summed E-state index contributed by atoms with van der Waals surface area (Å²) in [6.07, 6.45) is 2.79. The molecular weight excluding hydrogens is 458 g/mol. The van der Waals surface area contributed by atoms with Gasteiger partial charge in [-0.25, -0.2) is 9.48 Å². The van der Waals surface area contributed by atoms with Crippen LogP contribution in [0.1, 0.15) is 29.2 Å². The Morgan fingerprint density at radius 3 is 2.50 bits per heavy atom. The van der Waals surface area contributed by atoms with Crippen LogP contribution in [0.3, 0.4) is 0 Å². The molecule has 2 aromatic carbocycles. The molecule has 1 aliphatic carbocycles. The number of amides is 2. The maximum absolute atomic E-state index is 13.3. The van der Waals surface area contributed by atoms with Crippen LogP contribution in [0.25, 0.3) is 5.69 Å². The van der Waals surface area contributed by atoms with Crippen molar-refractivity contribution in [2.75, 3.05) is 32.1 Å². The number of fused-ring (bicyclic) bond motifs is 1. The largest absolute Gasteiger partial charge is 0.480 e. The Bertz CT molecular complexity index is 1210. The molecule has 5 rings (SSSR count). The number of aryl methyl sites for hydroxylation is 1. The monoisotopic (exact) mass is 489 g/mol. The van der Waals surface area contributed by atoms with Crippen molar-refractivity contribution in [1.82, 2.24) is 20.0 Å². The first-order chi connectivity index (χ1) is 17.5. The first-order valence-electron chi connectivity index (χ1n) is 12.3. The SMILES string of the molecule is COCC(C(=O)O)N1C[C@@H](NC(=O)Nc2c3c(nn2-c2ccccc2)CCC3)[C@H](c2ccccc2)C1. The average molecular weight is 490 g/mol. The number of likely N-dealkylation sites (tertiary alicyclic amines) is 1. The number of hydrogen-bond acceptors (Lipinski definition) is 5. The number of anilines is 1. The zero-order valence-electron chi connectivity index (χ0n) is 20.3. The van der Waals surface area contributed by atoms with Gasteiger partial charge in [-0.1, -0.05) is 48.5 Å². The molecule has 9 heteroatoms. The van der Waals surface area contributed by atoms with Gasteiger partial charge in [0.1, 0.15) is 11.9 Å². The van der Waals surface area contributed by atoms with Crippen molar-refractivity contribution in [3.63, 3.8) is 0 Å². The smallest absolute Gasteiger partial charge is 0.323 e. The van der Waals surface area contributed by atoms with Crippen molar-refractivity contribution in [3.8, 4) is 5.69 Å². The molecule has 1 saturated heterocycles. The molecular formula is C27H31N5O4. The fourth-order valence-electron chi connectivity index (χ4n) is 5.35. The number of urea groups is 1. The van der Waals surface area contributed by atoms with E-state index >= 15 is 0 Å². The van der Waals surface area contributed by atoms with E-state index in [4.69, 9.17) is 9.84 Å². The Hall–Kier alpha value is -3.69. The van der Waals surface area contributed by atoms with E-state index in [-0.39, 0.29) is 24.6 Å². The molecule has 1 fully saturated rings. The lowest BCUT2D eigenvalue weighted by Crippen LogP contribution is -2.46. The zero-order chi connectivity index (χ0) is 25.1. The van der Waals surface area contributed by atoms with E-state index in [1.165, 1.54) is 7.11 Å². The van der Waals surface area contributed by atoms with E-state index in [1.807, 2.05) is 65.6 Å². The van der Waals surface area contributed by atoms with Gasteiger partial charge in [0.05, 0.1) is 24.0 Å². The highest BCUT2D eigenvalue weighted by Gasteiger charge is 2.40. The van der Waals surface area contributed by atoms with Gasteiger partial charge in [-0.2, -0.15) is 5.10 Å². The van der Waals surface area contributed by atoms with Crippen molar-refractivity contribution in [3.05, 3.63) is 77.5 Å². The van der Waals surface area contributed by atoms with Gasteiger partial charge in [0.15, 0.2) is 0 Å². The third kappa shape index (κ3) is 4.84. The number of carboxylic acids is 1. The molecule has 2 heterocycles. The van der Waals surface area contributed by atoms with Crippen LogP contribution >= 0.6 is 0 Å². The summed E-state index contributed by atoms with van der Waals surface area (Å²) < 4.78 is 6.97. The molecule has 0 spiro atoms. The number of benzene rings is 2. The molecule has 188 valence electrons. The van der Waals surface area contributed by atoms with Crippen LogP contribution in [0.4, 0.5) is 10.6 Å². The summed E-state index contributed by atoms with van der Waals surface area (Å²) in [6, 6.07) is 18.3. The normalized spacial score (nSPS) is 20.1. The average Bonchev–Trinajstić information content (AvgIpc) is 3.59. The van der Waals surface area contributed by atoms with Gasteiger partial charge in [0, 0.05) is 31.7 Å². The molecule has 2 aliphatic rings. The molecule has 3 aromatic rings. The Balaban J connectivity index is 1.38.